The molecule has 0 fully saturated rings. The number of hydrogen-bond donors (Lipinski definition) is 1. The molecule has 2 N–H and O–H groups in total. The molecule has 0 atom stereocenters. The summed E-state index contributed by atoms with van der Waals surface area (Å²) in [6.07, 6.45) is 0. The van der Waals surface area contributed by atoms with E-state index in [1.807, 2.05) is 0 Å². The van der Waals surface area contributed by atoms with E-state index in [0.717, 1.165) is 0 Å². The second-order valence-corrected chi connectivity index (χ2v) is 1.58. The summed E-state index contributed by atoms with van der Waals surface area (Å²) in [4.78, 5) is 10.2. The molecular weight excluding hydrogens is 160 g/mol. The van der Waals surface area contributed by atoms with E-state index in [1.165, 1.54) is 0 Å². The minimum absolute atomic E-state index is 0.0000926. The topological polar surface area (TPSA) is 86.7 Å². The third kappa shape index (κ3) is 1.45. The second-order valence-electron chi connectivity index (χ2n) is 1.58. The SMILES string of the molecule is NC(=O)c1nnn(C(F)F)n1. The Bertz CT molecular complexity index is 270. The Hall–Kier alpha value is -1.60. The van der Waals surface area contributed by atoms with Crippen molar-refractivity contribution in [1.29, 1.82) is 0 Å². The number of nitrogens with two attached hydrogens (primary N) is 1. The molecule has 0 aliphatic rings. The highest BCUT2D eigenvalue weighted by molar-refractivity contribution is 5.88. The largest absolute Gasteiger partial charge is 0.363 e. The van der Waals surface area contributed by atoms with Gasteiger partial charge in [0, 0.05) is 0 Å². The van der Waals surface area contributed by atoms with Gasteiger partial charge in [-0.15, -0.1) is 10.2 Å². The fraction of sp³-hybridized carbons (Fsp3) is 0.333. The number of aromatic nitrogens is 4. The van der Waals surface area contributed by atoms with Gasteiger partial charge in [0.2, 0.25) is 0 Å². The van der Waals surface area contributed by atoms with Gasteiger partial charge in [-0.05, 0) is 5.21 Å². The molecule has 0 aliphatic heterocycles. The molecular formula is C3H3F2N5O. The van der Waals surface area contributed by atoms with Crippen LogP contribution in [0.4, 0.5) is 8.78 Å². The summed E-state index contributed by atoms with van der Waals surface area (Å²) in [6, 6.07) is 0. The predicted molar refractivity (Wildman–Crippen MR) is 27.6 cm³/mol. The molecule has 0 saturated carbocycles. The van der Waals surface area contributed by atoms with Gasteiger partial charge in [0.1, 0.15) is 0 Å². The van der Waals surface area contributed by atoms with Crippen LogP contribution in [0.15, 0.2) is 0 Å². The average Bonchev–Trinajstić information content (AvgIpc) is 2.33. The number of carbonyl (C=O) groups is 1. The first-order valence-corrected chi connectivity index (χ1v) is 2.48. The minimum Gasteiger partial charge on any atom is -0.363 e. The van der Waals surface area contributed by atoms with Gasteiger partial charge in [0.15, 0.2) is 0 Å². The van der Waals surface area contributed by atoms with Crippen molar-refractivity contribution in [3.05, 3.63) is 5.82 Å². The van der Waals surface area contributed by atoms with E-state index < -0.39 is 18.3 Å². The standard InChI is InChI=1S/C3H3F2N5O/c4-3(5)10-8-2(1(6)11)7-9-10/h3H,(H2,6,11). The fourth-order valence-electron chi connectivity index (χ4n) is 0.406. The van der Waals surface area contributed by atoms with E-state index in [9.17, 15) is 13.6 Å². The van der Waals surface area contributed by atoms with Gasteiger partial charge >= 0.3 is 6.55 Å². The lowest BCUT2D eigenvalue weighted by Gasteiger charge is -1.90. The molecule has 1 amide bonds. The van der Waals surface area contributed by atoms with Crippen molar-refractivity contribution in [2.24, 2.45) is 5.73 Å². The molecule has 0 unspecified atom stereocenters. The summed E-state index contributed by atoms with van der Waals surface area (Å²) in [5.41, 5.74) is 4.67. The predicted octanol–water partition coefficient (Wildman–Crippen LogP) is -0.833. The van der Waals surface area contributed by atoms with Gasteiger partial charge in [0.05, 0.1) is 0 Å². The average molecular weight is 163 g/mol. The molecule has 11 heavy (non-hydrogen) atoms. The molecule has 1 rings (SSSR count). The van der Waals surface area contributed by atoms with E-state index in [2.05, 4.69) is 21.1 Å². The van der Waals surface area contributed by atoms with Crippen molar-refractivity contribution < 1.29 is 13.6 Å². The number of alkyl halides is 2. The first kappa shape index (κ1) is 7.51. The maximum Gasteiger partial charge on any atom is 0.350 e. The van der Waals surface area contributed by atoms with E-state index >= 15 is 0 Å². The van der Waals surface area contributed by atoms with Gasteiger partial charge in [-0.3, -0.25) is 4.79 Å². The number of primary amides is 1. The number of nitrogens with zero attached hydrogens (tertiary/aromatic N) is 4. The van der Waals surface area contributed by atoms with Gasteiger partial charge < -0.3 is 5.73 Å². The molecule has 8 heteroatoms. The maximum absolute atomic E-state index is 11.7. The van der Waals surface area contributed by atoms with Crippen LogP contribution in [0.3, 0.4) is 0 Å². The van der Waals surface area contributed by atoms with E-state index in [0.29, 0.717) is 0 Å². The molecule has 0 aromatic carbocycles. The molecule has 0 bridgehead atoms. The number of tetrazole rings is 1. The van der Waals surface area contributed by atoms with Crippen LogP contribution in [0, 0.1) is 0 Å². The molecule has 1 heterocycles. The van der Waals surface area contributed by atoms with Crippen LogP contribution in [-0.4, -0.2) is 26.1 Å². The highest BCUT2D eigenvalue weighted by Gasteiger charge is 2.13. The smallest absolute Gasteiger partial charge is 0.350 e. The molecule has 1 aromatic heterocycles. The van der Waals surface area contributed by atoms with Crippen LogP contribution >= 0.6 is 0 Å². The third-order valence-electron chi connectivity index (χ3n) is 0.823. The van der Waals surface area contributed by atoms with Crippen LogP contribution in [-0.2, 0) is 0 Å². The fourth-order valence-corrected chi connectivity index (χ4v) is 0.406. The Morgan fingerprint density at radius 2 is 2.27 bits per heavy atom. The Labute approximate surface area is 59.0 Å². The van der Waals surface area contributed by atoms with Gasteiger partial charge in [-0.2, -0.15) is 8.78 Å². The van der Waals surface area contributed by atoms with Crippen LogP contribution in [0.25, 0.3) is 0 Å². The number of carbonyl (C=O) groups excluding carboxylic acids is 1. The van der Waals surface area contributed by atoms with Crippen LogP contribution in [0.2, 0.25) is 0 Å². The number of amides is 1. The van der Waals surface area contributed by atoms with Crippen molar-refractivity contribution in [1.82, 2.24) is 20.2 Å². The van der Waals surface area contributed by atoms with Gasteiger partial charge in [-0.1, -0.05) is 4.80 Å². The van der Waals surface area contributed by atoms with Crippen LogP contribution in [0.1, 0.15) is 17.2 Å². The number of rotatable bonds is 2. The maximum atomic E-state index is 11.7. The van der Waals surface area contributed by atoms with Gasteiger partial charge in [-0.25, -0.2) is 0 Å². The second kappa shape index (κ2) is 2.56. The Morgan fingerprint density at radius 1 is 1.64 bits per heavy atom. The van der Waals surface area contributed by atoms with Crippen molar-refractivity contribution in [3.8, 4) is 0 Å². The highest BCUT2D eigenvalue weighted by Crippen LogP contribution is 2.03. The van der Waals surface area contributed by atoms with Gasteiger partial charge in [0.25, 0.3) is 11.7 Å². The molecule has 0 spiro atoms. The monoisotopic (exact) mass is 163 g/mol. The summed E-state index contributed by atoms with van der Waals surface area (Å²) in [7, 11) is 0. The summed E-state index contributed by atoms with van der Waals surface area (Å²) < 4.78 is 23.4. The third-order valence-corrected chi connectivity index (χ3v) is 0.823. The van der Waals surface area contributed by atoms with E-state index in [-0.39, 0.29) is 4.80 Å². The first-order valence-electron chi connectivity index (χ1n) is 2.48. The summed E-state index contributed by atoms with van der Waals surface area (Å²) in [6.45, 7) is -2.91. The van der Waals surface area contributed by atoms with Crippen LogP contribution < -0.4 is 5.73 Å². The van der Waals surface area contributed by atoms with Crippen molar-refractivity contribution >= 4 is 5.91 Å². The minimum atomic E-state index is -2.91. The zero-order valence-electron chi connectivity index (χ0n) is 5.11. The zero-order chi connectivity index (χ0) is 8.43. The number of hydrogen-bond acceptors (Lipinski definition) is 4. The van der Waals surface area contributed by atoms with Crippen molar-refractivity contribution in [2.45, 2.75) is 6.55 Å². The lowest BCUT2D eigenvalue weighted by Crippen LogP contribution is -2.13. The normalized spacial score (nSPS) is 10.5. The summed E-state index contributed by atoms with van der Waals surface area (Å²) >= 11 is 0. The Kier molecular flexibility index (Phi) is 1.75. The molecule has 0 radical (unpaired) electrons. The van der Waals surface area contributed by atoms with E-state index in [1.54, 1.807) is 0 Å². The molecule has 60 valence electrons. The summed E-state index contributed by atoms with van der Waals surface area (Å²) in [5.74, 6) is -1.51. The molecule has 0 saturated heterocycles. The zero-order valence-corrected chi connectivity index (χ0v) is 5.11. The lowest BCUT2D eigenvalue weighted by atomic mass is 10.6. The summed E-state index contributed by atoms with van der Waals surface area (Å²) in [5, 5.41) is 8.81. The Balaban J connectivity index is 2.90. The highest BCUT2D eigenvalue weighted by atomic mass is 19.3. The molecule has 1 aromatic rings. The molecule has 6 nitrogen and oxygen atoms in total. The van der Waals surface area contributed by atoms with E-state index in [4.69, 9.17) is 0 Å². The first-order chi connectivity index (χ1) is 5.11. The van der Waals surface area contributed by atoms with Crippen LogP contribution in [0.5, 0.6) is 0 Å². The number of halogens is 2. The Morgan fingerprint density at radius 3 is 2.55 bits per heavy atom. The van der Waals surface area contributed by atoms with Crippen molar-refractivity contribution in [2.75, 3.05) is 0 Å². The van der Waals surface area contributed by atoms with Crippen molar-refractivity contribution in [3.63, 3.8) is 0 Å². The quantitative estimate of drug-likeness (QED) is 0.616. The molecule has 0 aliphatic carbocycles. The lowest BCUT2D eigenvalue weighted by molar-refractivity contribution is 0.0394.